The Labute approximate surface area is 175 Å². The Bertz CT molecular complexity index is 958. The standard InChI is InChI=1S/C22H19ClF4O3/c23-14-7-5-12(6-8-14)15-4-2-1-3-13(15)11-30-22-20(26)18(24)16(9-10-17(28)29)19(25)21(22)27/h5-8H,1-4,9-11H2,(H,28,29). The Balaban J connectivity index is 1.88. The Morgan fingerprint density at radius 2 is 1.57 bits per heavy atom. The summed E-state index contributed by atoms with van der Waals surface area (Å²) >= 11 is 5.92. The van der Waals surface area contributed by atoms with Crippen LogP contribution in [0.25, 0.3) is 5.57 Å². The summed E-state index contributed by atoms with van der Waals surface area (Å²) in [6, 6.07) is 7.13. The van der Waals surface area contributed by atoms with Gasteiger partial charge in [0.1, 0.15) is 6.61 Å². The first-order chi connectivity index (χ1) is 14.3. The van der Waals surface area contributed by atoms with Gasteiger partial charge in [-0.1, -0.05) is 23.7 Å². The van der Waals surface area contributed by atoms with E-state index < -0.39 is 53.4 Å². The molecule has 0 fully saturated rings. The van der Waals surface area contributed by atoms with Gasteiger partial charge in [-0.05, 0) is 60.9 Å². The van der Waals surface area contributed by atoms with Crippen LogP contribution in [0.5, 0.6) is 5.75 Å². The third kappa shape index (κ3) is 4.78. The molecule has 0 saturated carbocycles. The van der Waals surface area contributed by atoms with Crippen LogP contribution >= 0.6 is 11.6 Å². The summed E-state index contributed by atoms with van der Waals surface area (Å²) in [6.45, 7) is -0.223. The van der Waals surface area contributed by atoms with Crippen LogP contribution in [0.1, 0.15) is 43.2 Å². The maximum Gasteiger partial charge on any atom is 0.303 e. The summed E-state index contributed by atoms with van der Waals surface area (Å²) in [5, 5.41) is 9.22. The molecule has 0 heterocycles. The molecule has 160 valence electrons. The number of halogens is 5. The molecule has 0 aliphatic heterocycles. The minimum absolute atomic E-state index is 0.223. The lowest BCUT2D eigenvalue weighted by atomic mass is 9.88. The van der Waals surface area contributed by atoms with E-state index in [-0.39, 0.29) is 6.61 Å². The molecule has 1 N–H and O–H groups in total. The molecule has 0 aromatic heterocycles. The average Bonchev–Trinajstić information content (AvgIpc) is 2.73. The number of aliphatic carboxylic acids is 1. The van der Waals surface area contributed by atoms with Crippen LogP contribution in [-0.2, 0) is 11.2 Å². The smallest absolute Gasteiger partial charge is 0.303 e. The van der Waals surface area contributed by atoms with Gasteiger partial charge in [0.15, 0.2) is 17.4 Å². The summed E-state index contributed by atoms with van der Waals surface area (Å²) in [5.41, 5.74) is 1.70. The molecule has 2 aromatic carbocycles. The van der Waals surface area contributed by atoms with E-state index >= 15 is 0 Å². The summed E-state index contributed by atoms with van der Waals surface area (Å²) < 4.78 is 62.4. The molecule has 2 aromatic rings. The van der Waals surface area contributed by atoms with E-state index in [9.17, 15) is 22.4 Å². The number of allylic oxidation sites excluding steroid dienone is 1. The zero-order valence-electron chi connectivity index (χ0n) is 15.9. The van der Waals surface area contributed by atoms with Crippen molar-refractivity contribution in [3.05, 3.63) is 69.3 Å². The fourth-order valence-corrected chi connectivity index (χ4v) is 3.65. The van der Waals surface area contributed by atoms with Crippen LogP contribution in [-0.4, -0.2) is 17.7 Å². The van der Waals surface area contributed by atoms with Crippen molar-refractivity contribution in [3.63, 3.8) is 0 Å². The molecule has 3 nitrogen and oxygen atoms in total. The Morgan fingerprint density at radius 1 is 0.967 bits per heavy atom. The van der Waals surface area contributed by atoms with Gasteiger partial charge in [-0.15, -0.1) is 0 Å². The second-order valence-corrected chi connectivity index (χ2v) is 7.48. The Morgan fingerprint density at radius 3 is 2.17 bits per heavy atom. The van der Waals surface area contributed by atoms with E-state index in [2.05, 4.69) is 0 Å². The highest BCUT2D eigenvalue weighted by Crippen LogP contribution is 2.35. The normalized spacial score (nSPS) is 14.2. The van der Waals surface area contributed by atoms with Crippen LogP contribution in [0.3, 0.4) is 0 Å². The molecular weight excluding hydrogens is 424 g/mol. The monoisotopic (exact) mass is 442 g/mol. The number of rotatable bonds is 7. The highest BCUT2D eigenvalue weighted by atomic mass is 35.5. The quantitative estimate of drug-likeness (QED) is 0.403. The lowest BCUT2D eigenvalue weighted by molar-refractivity contribution is -0.136. The lowest BCUT2D eigenvalue weighted by Crippen LogP contribution is -2.13. The fraction of sp³-hybridized carbons (Fsp3) is 0.318. The molecule has 30 heavy (non-hydrogen) atoms. The molecule has 3 rings (SSSR count). The summed E-state index contributed by atoms with van der Waals surface area (Å²) in [4.78, 5) is 10.6. The Hall–Kier alpha value is -2.54. The zero-order valence-corrected chi connectivity index (χ0v) is 16.7. The number of hydrogen-bond acceptors (Lipinski definition) is 2. The van der Waals surface area contributed by atoms with Crippen molar-refractivity contribution in [3.8, 4) is 5.75 Å². The maximum absolute atomic E-state index is 14.4. The van der Waals surface area contributed by atoms with Crippen molar-refractivity contribution in [1.29, 1.82) is 0 Å². The molecular formula is C22H19ClF4O3. The topological polar surface area (TPSA) is 46.5 Å². The van der Waals surface area contributed by atoms with Gasteiger partial charge in [0.05, 0.1) is 0 Å². The molecule has 1 aliphatic carbocycles. The predicted molar refractivity (Wildman–Crippen MR) is 105 cm³/mol. The van der Waals surface area contributed by atoms with Crippen molar-refractivity contribution in [2.45, 2.75) is 38.5 Å². The van der Waals surface area contributed by atoms with E-state index in [1.54, 1.807) is 12.1 Å². The summed E-state index contributed by atoms with van der Waals surface area (Å²) in [7, 11) is 0. The van der Waals surface area contributed by atoms with Crippen molar-refractivity contribution < 1.29 is 32.2 Å². The molecule has 8 heteroatoms. The first-order valence-electron chi connectivity index (χ1n) is 9.45. The molecule has 0 spiro atoms. The van der Waals surface area contributed by atoms with Gasteiger partial charge in [-0.2, -0.15) is 8.78 Å². The van der Waals surface area contributed by atoms with E-state index in [1.807, 2.05) is 12.1 Å². The molecule has 0 radical (unpaired) electrons. The van der Waals surface area contributed by atoms with Crippen LogP contribution in [0, 0.1) is 23.3 Å². The molecule has 0 atom stereocenters. The van der Waals surface area contributed by atoms with Crippen LogP contribution in [0.2, 0.25) is 5.02 Å². The van der Waals surface area contributed by atoms with Gasteiger partial charge in [0, 0.05) is 17.0 Å². The fourth-order valence-electron chi connectivity index (χ4n) is 3.52. The second-order valence-electron chi connectivity index (χ2n) is 7.04. The minimum Gasteiger partial charge on any atom is -0.483 e. The molecule has 0 bridgehead atoms. The molecule has 0 unspecified atom stereocenters. The van der Waals surface area contributed by atoms with Gasteiger partial charge in [-0.25, -0.2) is 8.78 Å². The predicted octanol–water partition coefficient (Wildman–Crippen LogP) is 6.32. The van der Waals surface area contributed by atoms with E-state index in [4.69, 9.17) is 21.4 Å². The number of carboxylic acid groups (broad SMARTS) is 1. The minimum atomic E-state index is -1.67. The highest BCUT2D eigenvalue weighted by molar-refractivity contribution is 6.30. The van der Waals surface area contributed by atoms with E-state index in [0.717, 1.165) is 36.0 Å². The van der Waals surface area contributed by atoms with Gasteiger partial charge in [-0.3, -0.25) is 4.79 Å². The SMILES string of the molecule is O=C(O)CCc1c(F)c(F)c(OCC2=C(c3ccc(Cl)cc3)CCCC2)c(F)c1F. The van der Waals surface area contributed by atoms with Gasteiger partial charge < -0.3 is 9.84 Å². The van der Waals surface area contributed by atoms with Crippen LogP contribution in [0.4, 0.5) is 17.6 Å². The number of benzene rings is 2. The third-order valence-corrected chi connectivity index (χ3v) is 5.32. The number of ether oxygens (including phenoxy) is 1. The van der Waals surface area contributed by atoms with Gasteiger partial charge >= 0.3 is 5.97 Å². The highest BCUT2D eigenvalue weighted by Gasteiger charge is 2.27. The number of hydrogen-bond donors (Lipinski definition) is 1. The maximum atomic E-state index is 14.4. The number of carboxylic acids is 1. The van der Waals surface area contributed by atoms with Crippen molar-refractivity contribution in [1.82, 2.24) is 0 Å². The summed E-state index contributed by atoms with van der Waals surface area (Å²) in [5.74, 6) is -9.09. The molecule has 1 aliphatic rings. The second kappa shape index (κ2) is 9.51. The third-order valence-electron chi connectivity index (χ3n) is 5.07. The zero-order chi connectivity index (χ0) is 21.8. The number of carbonyl (C=O) groups is 1. The van der Waals surface area contributed by atoms with Crippen molar-refractivity contribution in [2.24, 2.45) is 0 Å². The Kier molecular flexibility index (Phi) is 7.02. The summed E-state index contributed by atoms with van der Waals surface area (Å²) in [6.07, 6.45) is 1.82. The average molecular weight is 443 g/mol. The van der Waals surface area contributed by atoms with Gasteiger partial charge in [0.25, 0.3) is 0 Å². The molecule has 0 amide bonds. The van der Waals surface area contributed by atoms with Crippen LogP contribution in [0.15, 0.2) is 29.8 Å². The van der Waals surface area contributed by atoms with Crippen molar-refractivity contribution in [2.75, 3.05) is 6.61 Å². The largest absolute Gasteiger partial charge is 0.483 e. The van der Waals surface area contributed by atoms with Crippen LogP contribution < -0.4 is 4.74 Å². The van der Waals surface area contributed by atoms with Gasteiger partial charge in [0.2, 0.25) is 11.6 Å². The van der Waals surface area contributed by atoms with Crippen molar-refractivity contribution >= 4 is 23.1 Å². The first-order valence-corrected chi connectivity index (χ1v) is 9.83. The first kappa shape index (κ1) is 22.2. The van der Waals surface area contributed by atoms with E-state index in [1.165, 1.54) is 0 Å². The lowest BCUT2D eigenvalue weighted by Gasteiger charge is -2.22. The molecule has 0 saturated heterocycles. The van der Waals surface area contributed by atoms with E-state index in [0.29, 0.717) is 11.4 Å².